The first-order valence-electron chi connectivity index (χ1n) is 9.09. The summed E-state index contributed by atoms with van der Waals surface area (Å²) in [5.41, 5.74) is 3.86. The van der Waals surface area contributed by atoms with E-state index in [2.05, 4.69) is 23.2 Å². The summed E-state index contributed by atoms with van der Waals surface area (Å²) in [6.45, 7) is 6.55. The van der Waals surface area contributed by atoms with Crippen LogP contribution >= 0.6 is 0 Å². The third-order valence-electron chi connectivity index (χ3n) is 4.87. The van der Waals surface area contributed by atoms with Crippen molar-refractivity contribution in [2.24, 2.45) is 0 Å². The minimum absolute atomic E-state index is 0.0607. The van der Waals surface area contributed by atoms with Crippen LogP contribution in [0.1, 0.15) is 33.6 Å². The predicted molar refractivity (Wildman–Crippen MR) is 101 cm³/mol. The van der Waals surface area contributed by atoms with Gasteiger partial charge in [-0.05, 0) is 43.5 Å². The molecule has 0 atom stereocenters. The molecule has 1 aromatic carbocycles. The quantitative estimate of drug-likeness (QED) is 0.854. The second-order valence-corrected chi connectivity index (χ2v) is 6.85. The molecule has 1 saturated heterocycles. The van der Waals surface area contributed by atoms with Crippen LogP contribution in [0.15, 0.2) is 42.6 Å². The molecule has 1 aliphatic heterocycles. The SMILES string of the molecule is Cc1ccc(C)c(CC(=O)N2CCCN(C(=O)c3ccccn3)CC2)c1. The van der Waals surface area contributed by atoms with E-state index in [0.29, 0.717) is 38.3 Å². The molecule has 1 fully saturated rings. The first kappa shape index (κ1) is 18.1. The van der Waals surface area contributed by atoms with Gasteiger partial charge in [-0.3, -0.25) is 14.6 Å². The van der Waals surface area contributed by atoms with Crippen molar-refractivity contribution < 1.29 is 9.59 Å². The molecule has 5 nitrogen and oxygen atoms in total. The van der Waals surface area contributed by atoms with Crippen LogP contribution in [0.25, 0.3) is 0 Å². The van der Waals surface area contributed by atoms with Crippen molar-refractivity contribution >= 4 is 11.8 Å². The molecular formula is C21H25N3O2. The van der Waals surface area contributed by atoms with E-state index >= 15 is 0 Å². The summed E-state index contributed by atoms with van der Waals surface area (Å²) < 4.78 is 0. The maximum absolute atomic E-state index is 12.7. The van der Waals surface area contributed by atoms with E-state index in [0.717, 1.165) is 17.5 Å². The monoisotopic (exact) mass is 351 g/mol. The van der Waals surface area contributed by atoms with Crippen molar-refractivity contribution in [1.82, 2.24) is 14.8 Å². The largest absolute Gasteiger partial charge is 0.341 e. The third-order valence-corrected chi connectivity index (χ3v) is 4.87. The first-order chi connectivity index (χ1) is 12.5. The lowest BCUT2D eigenvalue weighted by Gasteiger charge is -2.22. The Balaban J connectivity index is 1.62. The Morgan fingerprint density at radius 3 is 2.54 bits per heavy atom. The summed E-state index contributed by atoms with van der Waals surface area (Å²) >= 11 is 0. The van der Waals surface area contributed by atoms with Gasteiger partial charge in [0.15, 0.2) is 0 Å². The Kier molecular flexibility index (Phi) is 5.66. The maximum atomic E-state index is 12.7. The van der Waals surface area contributed by atoms with Gasteiger partial charge in [0, 0.05) is 32.4 Å². The van der Waals surface area contributed by atoms with Crippen molar-refractivity contribution in [3.05, 3.63) is 65.0 Å². The Hall–Kier alpha value is -2.69. The van der Waals surface area contributed by atoms with Crippen LogP contribution < -0.4 is 0 Å². The van der Waals surface area contributed by atoms with Crippen molar-refractivity contribution in [2.45, 2.75) is 26.7 Å². The lowest BCUT2D eigenvalue weighted by atomic mass is 10.0. The molecule has 0 unspecified atom stereocenters. The lowest BCUT2D eigenvalue weighted by molar-refractivity contribution is -0.130. The molecule has 0 spiro atoms. The molecule has 2 heterocycles. The highest BCUT2D eigenvalue weighted by Gasteiger charge is 2.23. The molecular weight excluding hydrogens is 326 g/mol. The van der Waals surface area contributed by atoms with E-state index in [-0.39, 0.29) is 11.8 Å². The van der Waals surface area contributed by atoms with Crippen LogP contribution in [0.4, 0.5) is 0 Å². The highest BCUT2D eigenvalue weighted by Crippen LogP contribution is 2.14. The molecule has 136 valence electrons. The molecule has 2 amide bonds. The van der Waals surface area contributed by atoms with E-state index < -0.39 is 0 Å². The van der Waals surface area contributed by atoms with Gasteiger partial charge in [-0.1, -0.05) is 29.8 Å². The van der Waals surface area contributed by atoms with Crippen molar-refractivity contribution in [3.8, 4) is 0 Å². The standard InChI is InChI=1S/C21H25N3O2/c1-16-7-8-17(2)18(14-16)15-20(25)23-10-5-11-24(13-12-23)21(26)19-6-3-4-9-22-19/h3-4,6-9,14H,5,10-13,15H2,1-2H3. The van der Waals surface area contributed by atoms with Crippen LogP contribution in [-0.2, 0) is 11.2 Å². The number of rotatable bonds is 3. The zero-order valence-corrected chi connectivity index (χ0v) is 15.4. The van der Waals surface area contributed by atoms with Crippen molar-refractivity contribution in [1.29, 1.82) is 0 Å². The number of hydrogen-bond acceptors (Lipinski definition) is 3. The average molecular weight is 351 g/mol. The van der Waals surface area contributed by atoms with Gasteiger partial charge in [0.1, 0.15) is 5.69 Å². The number of carbonyl (C=O) groups excluding carboxylic acids is 2. The Morgan fingerprint density at radius 1 is 1.00 bits per heavy atom. The minimum Gasteiger partial charge on any atom is -0.341 e. The van der Waals surface area contributed by atoms with Crippen molar-refractivity contribution in [2.75, 3.05) is 26.2 Å². The fraction of sp³-hybridized carbons (Fsp3) is 0.381. The van der Waals surface area contributed by atoms with Crippen LogP contribution in [0.5, 0.6) is 0 Å². The molecule has 0 bridgehead atoms. The maximum Gasteiger partial charge on any atom is 0.272 e. The van der Waals surface area contributed by atoms with Gasteiger partial charge < -0.3 is 9.80 Å². The van der Waals surface area contributed by atoms with Gasteiger partial charge in [0.25, 0.3) is 5.91 Å². The fourth-order valence-corrected chi connectivity index (χ4v) is 3.29. The number of nitrogens with zero attached hydrogens (tertiary/aromatic N) is 3. The normalized spacial score (nSPS) is 14.8. The molecule has 26 heavy (non-hydrogen) atoms. The third kappa shape index (κ3) is 4.28. The van der Waals surface area contributed by atoms with Crippen molar-refractivity contribution in [3.63, 3.8) is 0 Å². The van der Waals surface area contributed by atoms with E-state index in [1.807, 2.05) is 24.8 Å². The summed E-state index contributed by atoms with van der Waals surface area (Å²) in [4.78, 5) is 33.1. The number of aryl methyl sites for hydroxylation is 2. The summed E-state index contributed by atoms with van der Waals surface area (Å²) in [5.74, 6) is 0.0697. The summed E-state index contributed by atoms with van der Waals surface area (Å²) in [6, 6.07) is 11.6. The van der Waals surface area contributed by atoms with Gasteiger partial charge >= 0.3 is 0 Å². The van der Waals surface area contributed by atoms with Crippen LogP contribution in [0.3, 0.4) is 0 Å². The molecule has 3 rings (SSSR count). The first-order valence-corrected chi connectivity index (χ1v) is 9.09. The summed E-state index contributed by atoms with van der Waals surface area (Å²) in [7, 11) is 0. The van der Waals surface area contributed by atoms with Gasteiger partial charge in [-0.25, -0.2) is 0 Å². The predicted octanol–water partition coefficient (Wildman–Crippen LogP) is 2.62. The Morgan fingerprint density at radius 2 is 1.77 bits per heavy atom. The van der Waals surface area contributed by atoms with Gasteiger partial charge in [0.05, 0.1) is 6.42 Å². The molecule has 1 aromatic heterocycles. The van der Waals surface area contributed by atoms with Crippen LogP contribution in [0.2, 0.25) is 0 Å². The van der Waals surface area contributed by atoms with Gasteiger partial charge in [-0.15, -0.1) is 0 Å². The van der Waals surface area contributed by atoms with Crippen LogP contribution in [-0.4, -0.2) is 52.8 Å². The lowest BCUT2D eigenvalue weighted by Crippen LogP contribution is -2.38. The zero-order valence-electron chi connectivity index (χ0n) is 15.4. The molecule has 0 radical (unpaired) electrons. The van der Waals surface area contributed by atoms with E-state index in [1.165, 1.54) is 5.56 Å². The second-order valence-electron chi connectivity index (χ2n) is 6.85. The molecule has 5 heteroatoms. The van der Waals surface area contributed by atoms with E-state index in [9.17, 15) is 9.59 Å². The Labute approximate surface area is 154 Å². The van der Waals surface area contributed by atoms with Crippen LogP contribution in [0, 0.1) is 13.8 Å². The van der Waals surface area contributed by atoms with Gasteiger partial charge in [-0.2, -0.15) is 0 Å². The number of carbonyl (C=O) groups is 2. The number of aromatic nitrogens is 1. The molecule has 1 aliphatic rings. The Bertz CT molecular complexity index is 789. The number of hydrogen-bond donors (Lipinski definition) is 0. The topological polar surface area (TPSA) is 53.5 Å². The van der Waals surface area contributed by atoms with E-state index in [1.54, 1.807) is 23.2 Å². The fourth-order valence-electron chi connectivity index (χ4n) is 3.29. The minimum atomic E-state index is -0.0607. The van der Waals surface area contributed by atoms with E-state index in [4.69, 9.17) is 0 Å². The second kappa shape index (κ2) is 8.13. The summed E-state index contributed by atoms with van der Waals surface area (Å²) in [5, 5.41) is 0. The molecule has 0 aliphatic carbocycles. The van der Waals surface area contributed by atoms with Gasteiger partial charge in [0.2, 0.25) is 5.91 Å². The summed E-state index contributed by atoms with van der Waals surface area (Å²) in [6.07, 6.45) is 2.84. The highest BCUT2D eigenvalue weighted by atomic mass is 16.2. The molecule has 0 saturated carbocycles. The number of pyridine rings is 1. The zero-order chi connectivity index (χ0) is 18.5. The molecule has 2 aromatic rings. The number of amides is 2. The smallest absolute Gasteiger partial charge is 0.272 e. The molecule has 0 N–H and O–H groups in total. The highest BCUT2D eigenvalue weighted by molar-refractivity contribution is 5.92. The number of benzene rings is 1. The average Bonchev–Trinajstić information content (AvgIpc) is 2.91.